The largest absolute Gasteiger partial charge is 0.373 e. The second-order valence-corrected chi connectivity index (χ2v) is 5.78. The number of nitrogens with zero attached hydrogens (tertiary/aromatic N) is 2. The highest BCUT2D eigenvalue weighted by molar-refractivity contribution is 14.1. The number of rotatable bonds is 6. The van der Waals surface area contributed by atoms with Crippen molar-refractivity contribution in [1.82, 2.24) is 9.97 Å². The highest BCUT2D eigenvalue weighted by Crippen LogP contribution is 2.21. The van der Waals surface area contributed by atoms with Gasteiger partial charge in [0.15, 0.2) is 5.82 Å². The van der Waals surface area contributed by atoms with Crippen LogP contribution in [0.25, 0.3) is 0 Å². The highest BCUT2D eigenvalue weighted by atomic mass is 127. The van der Waals surface area contributed by atoms with Gasteiger partial charge in [0.1, 0.15) is 11.8 Å². The summed E-state index contributed by atoms with van der Waals surface area (Å²) in [6, 6.07) is 0. The zero-order valence-electron chi connectivity index (χ0n) is 10.5. The summed E-state index contributed by atoms with van der Waals surface area (Å²) in [5.41, 5.74) is 1.02. The Hall–Kier alpha value is 0.0600. The van der Waals surface area contributed by atoms with Crippen molar-refractivity contribution >= 4 is 34.2 Å². The van der Waals surface area contributed by atoms with Crippen molar-refractivity contribution in [2.24, 2.45) is 5.92 Å². The average molecular weight is 369 g/mol. The first kappa shape index (κ1) is 15.1. The van der Waals surface area contributed by atoms with Gasteiger partial charge in [-0.2, -0.15) is 0 Å². The van der Waals surface area contributed by atoms with Gasteiger partial charge in [-0.25, -0.2) is 9.97 Å². The van der Waals surface area contributed by atoms with Gasteiger partial charge in [-0.15, -0.1) is 0 Å². The summed E-state index contributed by atoms with van der Waals surface area (Å²) in [6.07, 6.45) is 1.91. The van der Waals surface area contributed by atoms with E-state index in [0.29, 0.717) is 23.5 Å². The minimum Gasteiger partial charge on any atom is -0.373 e. The molecule has 0 amide bonds. The molecule has 0 fully saturated rings. The molecule has 17 heavy (non-hydrogen) atoms. The second kappa shape index (κ2) is 7.48. The van der Waals surface area contributed by atoms with Gasteiger partial charge in [0.2, 0.25) is 0 Å². The third-order valence-electron chi connectivity index (χ3n) is 2.11. The molecular weight excluding hydrogens is 351 g/mol. The van der Waals surface area contributed by atoms with Gasteiger partial charge < -0.3 is 4.74 Å². The third kappa shape index (κ3) is 5.06. The van der Waals surface area contributed by atoms with Crippen molar-refractivity contribution < 1.29 is 4.74 Å². The quantitative estimate of drug-likeness (QED) is 0.434. The molecule has 3 nitrogen and oxygen atoms in total. The zero-order valence-corrected chi connectivity index (χ0v) is 13.4. The van der Waals surface area contributed by atoms with Crippen molar-refractivity contribution in [3.63, 3.8) is 0 Å². The summed E-state index contributed by atoms with van der Waals surface area (Å²) in [6.45, 7) is 7.58. The van der Waals surface area contributed by atoms with E-state index < -0.39 is 0 Å². The van der Waals surface area contributed by atoms with Crippen LogP contribution in [0.15, 0.2) is 0 Å². The van der Waals surface area contributed by atoms with E-state index in [0.717, 1.165) is 28.7 Å². The lowest BCUT2D eigenvalue weighted by Gasteiger charge is -2.10. The van der Waals surface area contributed by atoms with Crippen LogP contribution < -0.4 is 0 Å². The predicted octanol–water partition coefficient (Wildman–Crippen LogP) is 3.86. The fourth-order valence-electron chi connectivity index (χ4n) is 1.41. The summed E-state index contributed by atoms with van der Waals surface area (Å²) >= 11 is 8.30. The molecule has 0 aliphatic heterocycles. The van der Waals surface area contributed by atoms with Crippen molar-refractivity contribution in [1.29, 1.82) is 0 Å². The molecule has 0 saturated carbocycles. The summed E-state index contributed by atoms with van der Waals surface area (Å²) in [4.78, 5) is 8.75. The molecule has 1 aromatic heterocycles. The molecule has 1 rings (SSSR count). The maximum absolute atomic E-state index is 6.10. The van der Waals surface area contributed by atoms with E-state index >= 15 is 0 Å². The van der Waals surface area contributed by atoms with E-state index in [1.807, 2.05) is 0 Å². The molecular formula is C12H18ClIN2O. The molecule has 0 unspecified atom stereocenters. The van der Waals surface area contributed by atoms with Crippen LogP contribution in [0.4, 0.5) is 0 Å². The molecule has 0 aliphatic carbocycles. The molecule has 0 bridgehead atoms. The number of hydrogen-bond donors (Lipinski definition) is 0. The molecule has 96 valence electrons. The summed E-state index contributed by atoms with van der Waals surface area (Å²) < 4.78 is 6.39. The van der Waals surface area contributed by atoms with Crippen molar-refractivity contribution in [2.45, 2.75) is 40.2 Å². The Kier molecular flexibility index (Phi) is 6.66. The van der Waals surface area contributed by atoms with Gasteiger partial charge in [-0.3, -0.25) is 0 Å². The normalized spacial score (nSPS) is 11.2. The number of aromatic nitrogens is 2. The standard InChI is InChI=1S/C12H18ClIN2O/c1-4-5-17-7-10-15-9(6-8(2)3)11(14)12(13)16-10/h8H,4-7H2,1-3H3. The first-order valence-corrected chi connectivity index (χ1v) is 7.28. The van der Waals surface area contributed by atoms with Crippen molar-refractivity contribution in [2.75, 3.05) is 6.61 Å². The van der Waals surface area contributed by atoms with Gasteiger partial charge in [-0.05, 0) is 41.4 Å². The summed E-state index contributed by atoms with van der Waals surface area (Å²) in [5, 5.41) is 0.534. The van der Waals surface area contributed by atoms with Gasteiger partial charge in [0.25, 0.3) is 0 Å². The second-order valence-electron chi connectivity index (χ2n) is 4.34. The molecule has 5 heteroatoms. The van der Waals surface area contributed by atoms with Crippen LogP contribution in [0.1, 0.15) is 38.7 Å². The molecule has 0 radical (unpaired) electrons. The molecule has 0 spiro atoms. The molecule has 0 N–H and O–H groups in total. The molecule has 0 aromatic carbocycles. The fraction of sp³-hybridized carbons (Fsp3) is 0.667. The topological polar surface area (TPSA) is 35.0 Å². The maximum atomic E-state index is 6.10. The Morgan fingerprint density at radius 3 is 2.65 bits per heavy atom. The minimum atomic E-state index is 0.440. The zero-order chi connectivity index (χ0) is 12.8. The Morgan fingerprint density at radius 2 is 2.06 bits per heavy atom. The molecule has 1 aromatic rings. The number of hydrogen-bond acceptors (Lipinski definition) is 3. The Bertz CT molecular complexity index is 372. The minimum absolute atomic E-state index is 0.440. The van der Waals surface area contributed by atoms with Crippen LogP contribution in [-0.4, -0.2) is 16.6 Å². The van der Waals surface area contributed by atoms with E-state index in [9.17, 15) is 0 Å². The molecule has 0 atom stereocenters. The smallest absolute Gasteiger partial charge is 0.156 e. The van der Waals surface area contributed by atoms with E-state index in [4.69, 9.17) is 16.3 Å². The average Bonchev–Trinajstić information content (AvgIpc) is 2.25. The first-order valence-electron chi connectivity index (χ1n) is 5.83. The van der Waals surface area contributed by atoms with Crippen LogP contribution in [-0.2, 0) is 17.8 Å². The summed E-state index contributed by atoms with van der Waals surface area (Å²) in [7, 11) is 0. The van der Waals surface area contributed by atoms with Gasteiger partial charge in [-0.1, -0.05) is 32.4 Å². The third-order valence-corrected chi connectivity index (χ3v) is 3.83. The van der Waals surface area contributed by atoms with Crippen LogP contribution in [0.5, 0.6) is 0 Å². The van der Waals surface area contributed by atoms with Gasteiger partial charge >= 0.3 is 0 Å². The van der Waals surface area contributed by atoms with Crippen molar-refractivity contribution in [3.05, 3.63) is 20.2 Å². The van der Waals surface area contributed by atoms with Crippen LogP contribution in [0.3, 0.4) is 0 Å². The van der Waals surface area contributed by atoms with Crippen LogP contribution in [0.2, 0.25) is 5.15 Å². The fourth-order valence-corrected chi connectivity index (χ4v) is 2.07. The lowest BCUT2D eigenvalue weighted by atomic mass is 10.1. The van der Waals surface area contributed by atoms with Crippen LogP contribution >= 0.6 is 34.2 Å². The van der Waals surface area contributed by atoms with E-state index in [1.54, 1.807) is 0 Å². The van der Waals surface area contributed by atoms with Gasteiger partial charge in [0.05, 0.1) is 9.26 Å². The van der Waals surface area contributed by atoms with E-state index in [2.05, 4.69) is 53.3 Å². The number of halogens is 2. The van der Waals surface area contributed by atoms with E-state index in [-0.39, 0.29) is 0 Å². The SMILES string of the molecule is CCCOCc1nc(Cl)c(I)c(CC(C)C)n1. The lowest BCUT2D eigenvalue weighted by molar-refractivity contribution is 0.116. The Labute approximate surface area is 121 Å². The van der Waals surface area contributed by atoms with Gasteiger partial charge in [0, 0.05) is 6.61 Å². The molecule has 0 saturated heterocycles. The monoisotopic (exact) mass is 368 g/mol. The highest BCUT2D eigenvalue weighted by Gasteiger charge is 2.12. The maximum Gasteiger partial charge on any atom is 0.156 e. The van der Waals surface area contributed by atoms with E-state index in [1.165, 1.54) is 0 Å². The Morgan fingerprint density at radius 1 is 1.35 bits per heavy atom. The molecule has 1 heterocycles. The Balaban J connectivity index is 2.82. The lowest BCUT2D eigenvalue weighted by Crippen LogP contribution is -2.08. The van der Waals surface area contributed by atoms with Crippen molar-refractivity contribution in [3.8, 4) is 0 Å². The predicted molar refractivity (Wildman–Crippen MR) is 78.2 cm³/mol. The number of ether oxygens (including phenoxy) is 1. The first-order chi connectivity index (χ1) is 8.04. The molecule has 0 aliphatic rings. The van der Waals surface area contributed by atoms with Crippen LogP contribution in [0, 0.1) is 9.49 Å². The summed E-state index contributed by atoms with van der Waals surface area (Å²) in [5.74, 6) is 1.23.